The van der Waals surface area contributed by atoms with Crippen molar-refractivity contribution in [3.8, 4) is 6.07 Å². The molecule has 0 aliphatic carbocycles. The number of nitriles is 1. The first-order valence-electron chi connectivity index (χ1n) is 5.74. The second kappa shape index (κ2) is 6.03. The van der Waals surface area contributed by atoms with Crippen LogP contribution in [0.3, 0.4) is 0 Å². The van der Waals surface area contributed by atoms with Crippen LogP contribution in [0, 0.1) is 11.3 Å². The molecular formula is C13H20N2S. The van der Waals surface area contributed by atoms with E-state index in [1.54, 1.807) is 11.3 Å². The highest BCUT2D eigenvalue weighted by molar-refractivity contribution is 7.10. The van der Waals surface area contributed by atoms with Crippen LogP contribution in [0.25, 0.3) is 0 Å². The standard InChI is InChI=1S/C13H20N2S/c1-4-11(7-8-14)15-10-13(2,3)12-6-5-9-16-12/h5-6,9,11,15H,4,7,10H2,1-3H3. The number of rotatable bonds is 6. The molecule has 88 valence electrons. The van der Waals surface area contributed by atoms with E-state index in [1.165, 1.54) is 4.88 Å². The molecule has 1 rings (SSSR count). The maximum Gasteiger partial charge on any atom is 0.0638 e. The van der Waals surface area contributed by atoms with Crippen LogP contribution < -0.4 is 5.32 Å². The summed E-state index contributed by atoms with van der Waals surface area (Å²) in [4.78, 5) is 1.40. The smallest absolute Gasteiger partial charge is 0.0638 e. The fraction of sp³-hybridized carbons (Fsp3) is 0.615. The highest BCUT2D eigenvalue weighted by Gasteiger charge is 2.22. The van der Waals surface area contributed by atoms with E-state index in [1.807, 2.05) is 0 Å². The van der Waals surface area contributed by atoms with Gasteiger partial charge in [-0.25, -0.2) is 0 Å². The highest BCUT2D eigenvalue weighted by Crippen LogP contribution is 2.26. The molecule has 0 fully saturated rings. The molecular weight excluding hydrogens is 216 g/mol. The Labute approximate surface area is 102 Å². The van der Waals surface area contributed by atoms with Crippen molar-refractivity contribution in [3.05, 3.63) is 22.4 Å². The normalized spacial score (nSPS) is 13.4. The third-order valence-corrected chi connectivity index (χ3v) is 4.09. The minimum atomic E-state index is 0.150. The first-order valence-corrected chi connectivity index (χ1v) is 6.62. The Kier molecular flexibility index (Phi) is 4.98. The van der Waals surface area contributed by atoms with Gasteiger partial charge in [-0.3, -0.25) is 0 Å². The van der Waals surface area contributed by atoms with E-state index in [0.717, 1.165) is 13.0 Å². The summed E-state index contributed by atoms with van der Waals surface area (Å²) in [5, 5.41) is 14.3. The van der Waals surface area contributed by atoms with Crippen molar-refractivity contribution in [1.29, 1.82) is 5.26 Å². The van der Waals surface area contributed by atoms with Gasteiger partial charge in [0.1, 0.15) is 0 Å². The van der Waals surface area contributed by atoms with Gasteiger partial charge in [0.05, 0.1) is 12.5 Å². The molecule has 1 atom stereocenters. The number of hydrogen-bond acceptors (Lipinski definition) is 3. The molecule has 0 aromatic carbocycles. The SMILES string of the molecule is CCC(CC#N)NCC(C)(C)c1cccs1. The van der Waals surface area contributed by atoms with E-state index in [9.17, 15) is 0 Å². The van der Waals surface area contributed by atoms with Crippen LogP contribution in [0.5, 0.6) is 0 Å². The fourth-order valence-electron chi connectivity index (χ4n) is 1.62. The van der Waals surface area contributed by atoms with Gasteiger partial charge in [0.2, 0.25) is 0 Å². The molecule has 0 saturated carbocycles. The lowest BCUT2D eigenvalue weighted by atomic mass is 9.91. The summed E-state index contributed by atoms with van der Waals surface area (Å²) in [5.41, 5.74) is 0.150. The predicted molar refractivity (Wildman–Crippen MR) is 69.7 cm³/mol. The monoisotopic (exact) mass is 236 g/mol. The molecule has 0 amide bonds. The summed E-state index contributed by atoms with van der Waals surface area (Å²) < 4.78 is 0. The molecule has 1 N–H and O–H groups in total. The van der Waals surface area contributed by atoms with Crippen LogP contribution in [0.4, 0.5) is 0 Å². The van der Waals surface area contributed by atoms with Crippen molar-refractivity contribution in [2.24, 2.45) is 0 Å². The number of hydrogen-bond donors (Lipinski definition) is 1. The van der Waals surface area contributed by atoms with Gasteiger partial charge >= 0.3 is 0 Å². The highest BCUT2D eigenvalue weighted by atomic mass is 32.1. The Morgan fingerprint density at radius 3 is 2.81 bits per heavy atom. The second-order valence-electron chi connectivity index (χ2n) is 4.71. The molecule has 1 unspecified atom stereocenters. The molecule has 1 aromatic heterocycles. The molecule has 0 aliphatic heterocycles. The van der Waals surface area contributed by atoms with Crippen LogP contribution in [-0.4, -0.2) is 12.6 Å². The maximum atomic E-state index is 8.69. The largest absolute Gasteiger partial charge is 0.312 e. The van der Waals surface area contributed by atoms with Crippen molar-refractivity contribution in [3.63, 3.8) is 0 Å². The molecule has 1 heterocycles. The third kappa shape index (κ3) is 3.62. The van der Waals surface area contributed by atoms with Crippen LogP contribution in [0.1, 0.15) is 38.5 Å². The van der Waals surface area contributed by atoms with E-state index in [0.29, 0.717) is 12.5 Å². The molecule has 3 heteroatoms. The van der Waals surface area contributed by atoms with Crippen LogP contribution in [0.15, 0.2) is 17.5 Å². The zero-order chi connectivity index (χ0) is 12.0. The summed E-state index contributed by atoms with van der Waals surface area (Å²) >= 11 is 1.80. The van der Waals surface area contributed by atoms with Crippen LogP contribution in [-0.2, 0) is 5.41 Å². The summed E-state index contributed by atoms with van der Waals surface area (Å²) in [6.07, 6.45) is 1.60. The quantitative estimate of drug-likeness (QED) is 0.822. The molecule has 0 aliphatic rings. The lowest BCUT2D eigenvalue weighted by Gasteiger charge is -2.26. The Morgan fingerprint density at radius 2 is 2.31 bits per heavy atom. The Balaban J connectivity index is 2.51. The molecule has 0 bridgehead atoms. The second-order valence-corrected chi connectivity index (χ2v) is 5.66. The van der Waals surface area contributed by atoms with E-state index in [4.69, 9.17) is 5.26 Å². The third-order valence-electron chi connectivity index (χ3n) is 2.85. The first kappa shape index (κ1) is 13.2. The van der Waals surface area contributed by atoms with Gasteiger partial charge in [0, 0.05) is 22.9 Å². The van der Waals surface area contributed by atoms with Gasteiger partial charge in [-0.05, 0) is 17.9 Å². The average Bonchev–Trinajstić information content (AvgIpc) is 2.78. The zero-order valence-electron chi connectivity index (χ0n) is 10.3. The van der Waals surface area contributed by atoms with Crippen molar-refractivity contribution >= 4 is 11.3 Å². The summed E-state index contributed by atoms with van der Waals surface area (Å²) in [7, 11) is 0. The lowest BCUT2D eigenvalue weighted by molar-refractivity contribution is 0.416. The van der Waals surface area contributed by atoms with E-state index < -0.39 is 0 Å². The topological polar surface area (TPSA) is 35.8 Å². The Hall–Kier alpha value is -0.850. The van der Waals surface area contributed by atoms with Gasteiger partial charge in [-0.2, -0.15) is 5.26 Å². The zero-order valence-corrected chi connectivity index (χ0v) is 11.1. The maximum absolute atomic E-state index is 8.69. The molecule has 0 spiro atoms. The number of thiophene rings is 1. The molecule has 0 saturated heterocycles. The summed E-state index contributed by atoms with van der Waals surface area (Å²) in [6.45, 7) is 7.52. The predicted octanol–water partition coefficient (Wildman–Crippen LogP) is 3.31. The van der Waals surface area contributed by atoms with E-state index in [2.05, 4.69) is 49.7 Å². The molecule has 1 aromatic rings. The van der Waals surface area contributed by atoms with Gasteiger partial charge in [-0.15, -0.1) is 11.3 Å². The summed E-state index contributed by atoms with van der Waals surface area (Å²) in [6, 6.07) is 6.82. The summed E-state index contributed by atoms with van der Waals surface area (Å²) in [5.74, 6) is 0. The average molecular weight is 236 g/mol. The van der Waals surface area contributed by atoms with E-state index >= 15 is 0 Å². The van der Waals surface area contributed by atoms with Crippen molar-refractivity contribution in [2.75, 3.05) is 6.54 Å². The van der Waals surface area contributed by atoms with Crippen molar-refractivity contribution in [2.45, 2.75) is 45.1 Å². The van der Waals surface area contributed by atoms with Gasteiger partial charge in [-0.1, -0.05) is 26.8 Å². The van der Waals surface area contributed by atoms with Crippen molar-refractivity contribution < 1.29 is 0 Å². The number of nitrogens with one attached hydrogen (secondary N) is 1. The molecule has 2 nitrogen and oxygen atoms in total. The van der Waals surface area contributed by atoms with Crippen molar-refractivity contribution in [1.82, 2.24) is 5.32 Å². The van der Waals surface area contributed by atoms with Gasteiger partial charge in [0.15, 0.2) is 0 Å². The van der Waals surface area contributed by atoms with Gasteiger partial charge < -0.3 is 5.32 Å². The Bertz CT molecular complexity index is 335. The Morgan fingerprint density at radius 1 is 1.56 bits per heavy atom. The molecule has 0 radical (unpaired) electrons. The number of nitrogens with zero attached hydrogens (tertiary/aromatic N) is 1. The lowest BCUT2D eigenvalue weighted by Crippen LogP contribution is -2.38. The van der Waals surface area contributed by atoms with E-state index in [-0.39, 0.29) is 5.41 Å². The minimum absolute atomic E-state index is 0.150. The van der Waals surface area contributed by atoms with Crippen LogP contribution in [0.2, 0.25) is 0 Å². The fourth-order valence-corrected chi connectivity index (χ4v) is 2.47. The van der Waals surface area contributed by atoms with Gasteiger partial charge in [0.25, 0.3) is 0 Å². The van der Waals surface area contributed by atoms with Crippen LogP contribution >= 0.6 is 11.3 Å². The minimum Gasteiger partial charge on any atom is -0.312 e. The molecule has 16 heavy (non-hydrogen) atoms. The first-order chi connectivity index (χ1) is 7.60.